The first-order valence-electron chi connectivity index (χ1n) is 8.01. The van der Waals surface area contributed by atoms with E-state index in [4.69, 9.17) is 10.5 Å². The highest BCUT2D eigenvalue weighted by molar-refractivity contribution is 8.00. The normalized spacial score (nSPS) is 11.9. The molecule has 136 valence electrons. The summed E-state index contributed by atoms with van der Waals surface area (Å²) in [7, 11) is 0. The molecule has 2 aromatic carbocycles. The Bertz CT molecular complexity index is 774. The molecule has 0 radical (unpaired) electrons. The molecule has 0 fully saturated rings. The molecular weight excluding hydrogens is 350 g/mol. The Labute approximate surface area is 156 Å². The van der Waals surface area contributed by atoms with Gasteiger partial charge in [-0.2, -0.15) is 5.10 Å². The number of nitrogens with two attached hydrogens (primary N) is 1. The van der Waals surface area contributed by atoms with Crippen molar-refractivity contribution < 1.29 is 14.3 Å². The number of nitrogens with one attached hydrogen (secondary N) is 1. The maximum absolute atomic E-state index is 12.1. The molecule has 0 spiro atoms. The molecule has 0 aliphatic rings. The summed E-state index contributed by atoms with van der Waals surface area (Å²) in [5, 5.41) is 3.71. The van der Waals surface area contributed by atoms with E-state index in [1.807, 2.05) is 38.1 Å². The third kappa shape index (κ3) is 6.60. The number of thioether (sulfide) groups is 1. The SMILES string of the molecule is Cc1ccc(S[C@H](C)C(=O)N/N=C\c2ccc(OCC(N)=O)cc2)cc1. The van der Waals surface area contributed by atoms with E-state index in [2.05, 4.69) is 10.5 Å². The molecule has 6 nitrogen and oxygen atoms in total. The Kier molecular flexibility index (Phi) is 7.23. The molecule has 2 amide bonds. The first-order chi connectivity index (χ1) is 12.4. The Morgan fingerprint density at radius 3 is 2.46 bits per heavy atom. The summed E-state index contributed by atoms with van der Waals surface area (Å²) in [5.74, 6) is -0.169. The molecule has 0 unspecified atom stereocenters. The molecule has 2 aromatic rings. The van der Waals surface area contributed by atoms with Crippen molar-refractivity contribution in [2.45, 2.75) is 24.0 Å². The largest absolute Gasteiger partial charge is 0.484 e. The first-order valence-corrected chi connectivity index (χ1v) is 8.89. The zero-order valence-electron chi connectivity index (χ0n) is 14.6. The van der Waals surface area contributed by atoms with Gasteiger partial charge in [0, 0.05) is 4.90 Å². The van der Waals surface area contributed by atoms with Gasteiger partial charge in [0.1, 0.15) is 5.75 Å². The van der Waals surface area contributed by atoms with Crippen molar-refractivity contribution in [2.24, 2.45) is 10.8 Å². The summed E-state index contributed by atoms with van der Waals surface area (Å²) < 4.78 is 5.17. The molecule has 0 aromatic heterocycles. The van der Waals surface area contributed by atoms with Gasteiger partial charge in [-0.3, -0.25) is 9.59 Å². The second-order valence-electron chi connectivity index (χ2n) is 5.63. The number of carbonyl (C=O) groups is 2. The highest BCUT2D eigenvalue weighted by atomic mass is 32.2. The number of nitrogens with zero attached hydrogens (tertiary/aromatic N) is 1. The van der Waals surface area contributed by atoms with Crippen LogP contribution in [0, 0.1) is 6.92 Å². The number of benzene rings is 2. The summed E-state index contributed by atoms with van der Waals surface area (Å²) in [5.41, 5.74) is 9.52. The zero-order chi connectivity index (χ0) is 18.9. The maximum atomic E-state index is 12.1. The van der Waals surface area contributed by atoms with Crippen LogP contribution in [-0.4, -0.2) is 29.9 Å². The molecule has 2 rings (SSSR count). The molecule has 7 heteroatoms. The highest BCUT2D eigenvalue weighted by Gasteiger charge is 2.13. The molecule has 0 saturated heterocycles. The summed E-state index contributed by atoms with van der Waals surface area (Å²) in [6.45, 7) is 3.69. The number of rotatable bonds is 8. The fourth-order valence-corrected chi connectivity index (χ4v) is 2.80. The van der Waals surface area contributed by atoms with Crippen LogP contribution >= 0.6 is 11.8 Å². The van der Waals surface area contributed by atoms with Crippen LogP contribution in [0.25, 0.3) is 0 Å². The van der Waals surface area contributed by atoms with E-state index in [9.17, 15) is 9.59 Å². The van der Waals surface area contributed by atoms with Crippen LogP contribution in [0.1, 0.15) is 18.1 Å². The number of amides is 2. The van der Waals surface area contributed by atoms with Gasteiger partial charge in [0.15, 0.2) is 6.61 Å². The monoisotopic (exact) mass is 371 g/mol. The van der Waals surface area contributed by atoms with E-state index in [0.717, 1.165) is 10.5 Å². The lowest BCUT2D eigenvalue weighted by Gasteiger charge is -2.09. The quantitative estimate of drug-likeness (QED) is 0.423. The summed E-state index contributed by atoms with van der Waals surface area (Å²) in [4.78, 5) is 23.8. The minimum atomic E-state index is -0.532. The summed E-state index contributed by atoms with van der Waals surface area (Å²) >= 11 is 1.48. The van der Waals surface area contributed by atoms with Crippen LogP contribution in [0.3, 0.4) is 0 Å². The van der Waals surface area contributed by atoms with Crippen molar-refractivity contribution in [3.05, 3.63) is 59.7 Å². The van der Waals surface area contributed by atoms with Gasteiger partial charge in [-0.15, -0.1) is 11.8 Å². The summed E-state index contributed by atoms with van der Waals surface area (Å²) in [6, 6.07) is 14.9. The topological polar surface area (TPSA) is 93.8 Å². The maximum Gasteiger partial charge on any atom is 0.255 e. The molecule has 0 bridgehead atoms. The predicted octanol–water partition coefficient (Wildman–Crippen LogP) is 2.49. The standard InChI is InChI=1S/C19H21N3O3S/c1-13-3-9-17(10-4-13)26-14(2)19(24)22-21-11-15-5-7-16(8-6-15)25-12-18(20)23/h3-11,14H,12H2,1-2H3,(H2,20,23)(H,22,24)/b21-11-/t14-/m1/s1. The van der Waals surface area contributed by atoms with E-state index in [-0.39, 0.29) is 17.8 Å². The third-order valence-electron chi connectivity index (χ3n) is 3.35. The van der Waals surface area contributed by atoms with Crippen LogP contribution in [-0.2, 0) is 9.59 Å². The van der Waals surface area contributed by atoms with E-state index in [0.29, 0.717) is 5.75 Å². The molecule has 1 atom stereocenters. The van der Waals surface area contributed by atoms with Gasteiger partial charge in [0.25, 0.3) is 11.8 Å². The van der Waals surface area contributed by atoms with Crippen molar-refractivity contribution in [3.63, 3.8) is 0 Å². The van der Waals surface area contributed by atoms with Crippen LogP contribution < -0.4 is 15.9 Å². The minimum Gasteiger partial charge on any atom is -0.484 e. The number of hydrazone groups is 1. The van der Waals surface area contributed by atoms with E-state index in [1.165, 1.54) is 17.3 Å². The van der Waals surface area contributed by atoms with Gasteiger partial charge < -0.3 is 10.5 Å². The van der Waals surface area contributed by atoms with Gasteiger partial charge in [-0.25, -0.2) is 5.43 Å². The van der Waals surface area contributed by atoms with Crippen LogP contribution in [0.2, 0.25) is 0 Å². The molecular formula is C19H21N3O3S. The predicted molar refractivity (Wildman–Crippen MR) is 103 cm³/mol. The van der Waals surface area contributed by atoms with Gasteiger partial charge in [0.05, 0.1) is 11.5 Å². The fraction of sp³-hybridized carbons (Fsp3) is 0.211. The van der Waals surface area contributed by atoms with E-state index < -0.39 is 5.91 Å². The molecule has 0 saturated carbocycles. The molecule has 0 aliphatic heterocycles. The average molecular weight is 371 g/mol. The second kappa shape index (κ2) is 9.62. The molecule has 0 heterocycles. The molecule has 3 N–H and O–H groups in total. The molecule has 0 aliphatic carbocycles. The number of carbonyl (C=O) groups excluding carboxylic acids is 2. The van der Waals surface area contributed by atoms with Gasteiger partial charge in [-0.1, -0.05) is 17.7 Å². The second-order valence-corrected chi connectivity index (χ2v) is 7.05. The van der Waals surface area contributed by atoms with Crippen molar-refractivity contribution in [1.82, 2.24) is 5.43 Å². The van der Waals surface area contributed by atoms with Gasteiger partial charge in [-0.05, 0) is 55.8 Å². The van der Waals surface area contributed by atoms with Crippen molar-refractivity contribution in [3.8, 4) is 5.75 Å². The van der Waals surface area contributed by atoms with Crippen LogP contribution in [0.5, 0.6) is 5.75 Å². The van der Waals surface area contributed by atoms with Crippen LogP contribution in [0.4, 0.5) is 0 Å². The smallest absolute Gasteiger partial charge is 0.255 e. The van der Waals surface area contributed by atoms with Gasteiger partial charge >= 0.3 is 0 Å². The van der Waals surface area contributed by atoms with Crippen molar-refractivity contribution in [2.75, 3.05) is 6.61 Å². The Morgan fingerprint density at radius 1 is 1.19 bits per heavy atom. The Morgan fingerprint density at radius 2 is 1.85 bits per heavy atom. The van der Waals surface area contributed by atoms with Crippen LogP contribution in [0.15, 0.2) is 58.5 Å². The summed E-state index contributed by atoms with van der Waals surface area (Å²) in [6.07, 6.45) is 1.54. The number of aryl methyl sites for hydroxylation is 1. The minimum absolute atomic E-state index is 0.167. The Balaban J connectivity index is 1.81. The van der Waals surface area contributed by atoms with Crippen molar-refractivity contribution >= 4 is 29.8 Å². The van der Waals surface area contributed by atoms with Crippen molar-refractivity contribution in [1.29, 1.82) is 0 Å². The highest BCUT2D eigenvalue weighted by Crippen LogP contribution is 2.23. The number of hydrogen-bond donors (Lipinski definition) is 2. The lowest BCUT2D eigenvalue weighted by Crippen LogP contribution is -2.26. The Hall–Kier alpha value is -2.80. The zero-order valence-corrected chi connectivity index (χ0v) is 15.5. The number of ether oxygens (including phenoxy) is 1. The van der Waals surface area contributed by atoms with E-state index in [1.54, 1.807) is 30.5 Å². The third-order valence-corrected chi connectivity index (χ3v) is 4.46. The number of primary amides is 1. The van der Waals surface area contributed by atoms with Gasteiger partial charge in [0.2, 0.25) is 0 Å². The fourth-order valence-electron chi connectivity index (χ4n) is 1.94. The lowest BCUT2D eigenvalue weighted by molar-refractivity contribution is -0.120. The first kappa shape index (κ1) is 19.5. The average Bonchev–Trinajstić information content (AvgIpc) is 2.62. The van der Waals surface area contributed by atoms with E-state index >= 15 is 0 Å². The molecule has 26 heavy (non-hydrogen) atoms. The lowest BCUT2D eigenvalue weighted by atomic mass is 10.2. The number of hydrogen-bond acceptors (Lipinski definition) is 5.